The minimum absolute atomic E-state index is 0.841. The molecule has 0 radical (unpaired) electrons. The van der Waals surface area contributed by atoms with Gasteiger partial charge in [0.25, 0.3) is 0 Å². The molecule has 1 saturated carbocycles. The molecule has 1 aliphatic carbocycles. The van der Waals surface area contributed by atoms with Gasteiger partial charge in [-0.3, -0.25) is 10.2 Å². The predicted octanol–water partition coefficient (Wildman–Crippen LogP) is 1.57. The van der Waals surface area contributed by atoms with Gasteiger partial charge in [-0.05, 0) is 38.1 Å². The molecule has 3 aliphatic rings. The van der Waals surface area contributed by atoms with Crippen LogP contribution in [0.5, 0.6) is 0 Å². The molecule has 3 fully saturated rings. The highest BCUT2D eigenvalue weighted by atomic mass is 15.3. The molecule has 0 aromatic rings. The first kappa shape index (κ1) is 8.25. The van der Waals surface area contributed by atoms with E-state index in [1.165, 1.54) is 51.7 Å². The topological polar surface area (TPSA) is 15.3 Å². The second kappa shape index (κ2) is 3.25. The third-order valence-electron chi connectivity index (χ3n) is 4.23. The van der Waals surface area contributed by atoms with Crippen LogP contribution in [0.3, 0.4) is 0 Å². The summed E-state index contributed by atoms with van der Waals surface area (Å²) >= 11 is 0. The molecule has 13 heavy (non-hydrogen) atoms. The molecule has 0 spiro atoms. The van der Waals surface area contributed by atoms with Gasteiger partial charge in [0.05, 0.1) is 0 Å². The molecular weight excluding hydrogens is 160 g/mol. The lowest BCUT2D eigenvalue weighted by Crippen LogP contribution is -2.45. The number of hydrogen-bond acceptors (Lipinski definition) is 2. The van der Waals surface area contributed by atoms with Crippen LogP contribution in [0.2, 0.25) is 0 Å². The molecule has 2 aliphatic heterocycles. The van der Waals surface area contributed by atoms with Crippen molar-refractivity contribution < 1.29 is 0 Å². The van der Waals surface area contributed by atoms with Gasteiger partial charge in [0.1, 0.15) is 0 Å². The van der Waals surface area contributed by atoms with Crippen LogP contribution in [0.4, 0.5) is 0 Å². The standard InChI is InChI=1S/C11H20N2/c1-2-6-10-11-9(4-1)5-3-7-13(11)8-12-10/h9-12H,1-8H2. The Balaban J connectivity index is 1.83. The van der Waals surface area contributed by atoms with Gasteiger partial charge in [-0.25, -0.2) is 0 Å². The number of rotatable bonds is 0. The van der Waals surface area contributed by atoms with Crippen molar-refractivity contribution in [3.05, 3.63) is 0 Å². The average molecular weight is 180 g/mol. The lowest BCUT2D eigenvalue weighted by molar-refractivity contribution is 0.124. The highest BCUT2D eigenvalue weighted by Gasteiger charge is 2.41. The van der Waals surface area contributed by atoms with Crippen molar-refractivity contribution in [2.24, 2.45) is 5.92 Å². The van der Waals surface area contributed by atoms with Crippen LogP contribution in [0, 0.1) is 5.92 Å². The van der Waals surface area contributed by atoms with Crippen LogP contribution < -0.4 is 5.32 Å². The van der Waals surface area contributed by atoms with Crippen LogP contribution in [-0.2, 0) is 0 Å². The third-order valence-corrected chi connectivity index (χ3v) is 4.23. The van der Waals surface area contributed by atoms with Crippen LogP contribution in [-0.4, -0.2) is 30.2 Å². The van der Waals surface area contributed by atoms with Crippen molar-refractivity contribution in [1.82, 2.24) is 10.2 Å². The molecule has 3 unspecified atom stereocenters. The van der Waals surface area contributed by atoms with E-state index in [0.29, 0.717) is 0 Å². The molecule has 0 aromatic carbocycles. The Kier molecular flexibility index (Phi) is 2.06. The number of nitrogens with one attached hydrogen (secondary N) is 1. The van der Waals surface area contributed by atoms with E-state index < -0.39 is 0 Å². The number of piperidine rings is 1. The number of hydrogen-bond donors (Lipinski definition) is 1. The Morgan fingerprint density at radius 2 is 1.85 bits per heavy atom. The van der Waals surface area contributed by atoms with E-state index in [0.717, 1.165) is 18.0 Å². The van der Waals surface area contributed by atoms with Gasteiger partial charge in [-0.1, -0.05) is 12.8 Å². The maximum atomic E-state index is 3.70. The minimum atomic E-state index is 0.841. The molecule has 2 heteroatoms. The Morgan fingerprint density at radius 1 is 1.00 bits per heavy atom. The summed E-state index contributed by atoms with van der Waals surface area (Å²) < 4.78 is 0. The first-order valence-corrected chi connectivity index (χ1v) is 5.92. The highest BCUT2D eigenvalue weighted by Crippen LogP contribution is 2.36. The van der Waals surface area contributed by atoms with E-state index in [1.807, 2.05) is 0 Å². The van der Waals surface area contributed by atoms with E-state index in [-0.39, 0.29) is 0 Å². The highest BCUT2D eigenvalue weighted by molar-refractivity contribution is 4.98. The van der Waals surface area contributed by atoms with Crippen molar-refractivity contribution in [2.75, 3.05) is 13.2 Å². The van der Waals surface area contributed by atoms with Crippen molar-refractivity contribution in [2.45, 2.75) is 50.6 Å². The minimum Gasteiger partial charge on any atom is -0.300 e. The summed E-state index contributed by atoms with van der Waals surface area (Å²) in [5.41, 5.74) is 0. The maximum absolute atomic E-state index is 3.70. The number of nitrogens with zero attached hydrogens (tertiary/aromatic N) is 1. The van der Waals surface area contributed by atoms with E-state index in [1.54, 1.807) is 0 Å². The first-order chi connectivity index (χ1) is 6.45. The molecule has 3 rings (SSSR count). The SMILES string of the molecule is C1CCC2NCN3CCCC(C1)C23. The van der Waals surface area contributed by atoms with Crippen LogP contribution >= 0.6 is 0 Å². The average Bonchev–Trinajstić information content (AvgIpc) is 2.44. The van der Waals surface area contributed by atoms with Crippen LogP contribution in [0.15, 0.2) is 0 Å². The summed E-state index contributed by atoms with van der Waals surface area (Å²) in [6.07, 6.45) is 8.80. The molecule has 1 N–H and O–H groups in total. The molecule has 0 aromatic heterocycles. The van der Waals surface area contributed by atoms with Gasteiger partial charge < -0.3 is 0 Å². The van der Waals surface area contributed by atoms with Crippen molar-refractivity contribution in [3.63, 3.8) is 0 Å². The Hall–Kier alpha value is -0.0800. The summed E-state index contributed by atoms with van der Waals surface area (Å²) in [5, 5.41) is 3.70. The summed E-state index contributed by atoms with van der Waals surface area (Å²) in [6, 6.07) is 1.75. The zero-order valence-corrected chi connectivity index (χ0v) is 8.34. The zero-order chi connectivity index (χ0) is 8.67. The molecule has 0 amide bonds. The van der Waals surface area contributed by atoms with Gasteiger partial charge in [0, 0.05) is 18.8 Å². The van der Waals surface area contributed by atoms with Gasteiger partial charge in [0.2, 0.25) is 0 Å². The molecular formula is C11H20N2. The van der Waals surface area contributed by atoms with E-state index in [4.69, 9.17) is 0 Å². The fourth-order valence-corrected chi connectivity index (χ4v) is 3.66. The smallest absolute Gasteiger partial charge is 0.0486 e. The quantitative estimate of drug-likeness (QED) is 0.609. The van der Waals surface area contributed by atoms with Crippen LogP contribution in [0.1, 0.15) is 38.5 Å². The lowest BCUT2D eigenvalue weighted by atomic mass is 9.85. The normalized spacial score (nSPS) is 45.7. The van der Waals surface area contributed by atoms with E-state index >= 15 is 0 Å². The van der Waals surface area contributed by atoms with Gasteiger partial charge in [-0.15, -0.1) is 0 Å². The predicted molar refractivity (Wildman–Crippen MR) is 53.5 cm³/mol. The zero-order valence-electron chi connectivity index (χ0n) is 8.34. The van der Waals surface area contributed by atoms with Gasteiger partial charge in [0.15, 0.2) is 0 Å². The fraction of sp³-hybridized carbons (Fsp3) is 1.00. The molecule has 2 nitrogen and oxygen atoms in total. The van der Waals surface area contributed by atoms with E-state index in [2.05, 4.69) is 10.2 Å². The molecule has 74 valence electrons. The van der Waals surface area contributed by atoms with E-state index in [9.17, 15) is 0 Å². The van der Waals surface area contributed by atoms with Crippen molar-refractivity contribution >= 4 is 0 Å². The van der Waals surface area contributed by atoms with Crippen LogP contribution in [0.25, 0.3) is 0 Å². The second-order valence-electron chi connectivity index (χ2n) is 4.96. The Bertz CT molecular complexity index is 193. The second-order valence-corrected chi connectivity index (χ2v) is 4.96. The first-order valence-electron chi connectivity index (χ1n) is 5.92. The monoisotopic (exact) mass is 180 g/mol. The summed E-state index contributed by atoms with van der Waals surface area (Å²) in [5.74, 6) is 1.02. The summed E-state index contributed by atoms with van der Waals surface area (Å²) in [6.45, 7) is 2.52. The van der Waals surface area contributed by atoms with Crippen molar-refractivity contribution in [1.29, 1.82) is 0 Å². The van der Waals surface area contributed by atoms with Gasteiger partial charge >= 0.3 is 0 Å². The lowest BCUT2D eigenvalue weighted by Gasteiger charge is -2.37. The Labute approximate surface area is 80.7 Å². The maximum Gasteiger partial charge on any atom is 0.0486 e. The summed E-state index contributed by atoms with van der Waals surface area (Å²) in [7, 11) is 0. The van der Waals surface area contributed by atoms with Crippen molar-refractivity contribution in [3.8, 4) is 0 Å². The summed E-state index contributed by atoms with van der Waals surface area (Å²) in [4.78, 5) is 2.70. The van der Waals surface area contributed by atoms with Gasteiger partial charge in [-0.2, -0.15) is 0 Å². The Morgan fingerprint density at radius 3 is 2.85 bits per heavy atom. The molecule has 0 bridgehead atoms. The largest absolute Gasteiger partial charge is 0.300 e. The molecule has 2 saturated heterocycles. The molecule has 2 heterocycles. The molecule has 3 atom stereocenters. The third kappa shape index (κ3) is 1.31. The fourth-order valence-electron chi connectivity index (χ4n) is 3.66.